The molecule has 6 heteroatoms. The lowest BCUT2D eigenvalue weighted by Gasteiger charge is -2.04. The summed E-state index contributed by atoms with van der Waals surface area (Å²) in [6.07, 6.45) is 1.72. The Morgan fingerprint density at radius 2 is 1.96 bits per heavy atom. The Morgan fingerprint density at radius 1 is 1.14 bits per heavy atom. The zero-order valence-corrected chi connectivity index (χ0v) is 15.7. The highest BCUT2D eigenvalue weighted by atomic mass is 32.1. The third-order valence-electron chi connectivity index (χ3n) is 4.95. The van der Waals surface area contributed by atoms with E-state index in [0.717, 1.165) is 33.8 Å². The number of fused-ring (bicyclic) bond motifs is 2. The van der Waals surface area contributed by atoms with E-state index in [1.807, 2.05) is 42.8 Å². The third kappa shape index (κ3) is 2.35. The number of carbonyl (C=O) groups excluding carboxylic acids is 1. The Bertz CT molecular complexity index is 1280. The molecule has 2 N–H and O–H groups in total. The van der Waals surface area contributed by atoms with E-state index in [4.69, 9.17) is 4.74 Å². The number of ether oxygens (including phenoxy) is 1. The van der Waals surface area contributed by atoms with Gasteiger partial charge in [0.1, 0.15) is 22.8 Å². The maximum atomic E-state index is 12.8. The molecular weight excluding hydrogens is 374 g/mol. The fraction of sp³-hybridized carbons (Fsp3) is 0.0455. The molecule has 5 rings (SSSR count). The summed E-state index contributed by atoms with van der Waals surface area (Å²) in [5.41, 5.74) is 4.02. The van der Waals surface area contributed by atoms with Crippen molar-refractivity contribution in [2.45, 2.75) is 0 Å². The first-order valence-corrected chi connectivity index (χ1v) is 9.59. The van der Waals surface area contributed by atoms with Crippen molar-refractivity contribution in [1.82, 2.24) is 4.57 Å². The van der Waals surface area contributed by atoms with Gasteiger partial charge in [-0.25, -0.2) is 0 Å². The third-order valence-corrected chi connectivity index (χ3v) is 5.64. The molecule has 138 valence electrons. The second kappa shape index (κ2) is 6.00. The van der Waals surface area contributed by atoms with Crippen molar-refractivity contribution in [3.63, 3.8) is 0 Å². The van der Waals surface area contributed by atoms with Gasteiger partial charge in [0.25, 0.3) is 0 Å². The maximum Gasteiger partial charge on any atom is 0.235 e. The van der Waals surface area contributed by atoms with Crippen molar-refractivity contribution in [2.75, 3.05) is 0 Å². The first-order chi connectivity index (χ1) is 13.5. The normalized spacial score (nSPS) is 14.6. The van der Waals surface area contributed by atoms with Crippen LogP contribution < -0.4 is 4.74 Å². The molecule has 0 saturated carbocycles. The monoisotopic (exact) mass is 389 g/mol. The molecule has 1 aliphatic heterocycles. The molecule has 2 aromatic carbocycles. The number of aromatic hydroxyl groups is 2. The highest BCUT2D eigenvalue weighted by Gasteiger charge is 2.32. The first kappa shape index (κ1) is 16.6. The zero-order valence-electron chi connectivity index (χ0n) is 14.8. The molecular formula is C22H15NO4S. The molecule has 0 spiro atoms. The second-order valence-electron chi connectivity index (χ2n) is 6.63. The van der Waals surface area contributed by atoms with Crippen LogP contribution in [0.5, 0.6) is 17.2 Å². The Balaban J connectivity index is 1.74. The zero-order chi connectivity index (χ0) is 19.4. The van der Waals surface area contributed by atoms with Crippen LogP contribution in [-0.2, 0) is 7.05 Å². The van der Waals surface area contributed by atoms with Crippen LogP contribution in [0.3, 0.4) is 0 Å². The van der Waals surface area contributed by atoms with Gasteiger partial charge in [-0.3, -0.25) is 4.79 Å². The number of allylic oxidation sites excluding steroid dienone is 1. The number of rotatable bonds is 2. The van der Waals surface area contributed by atoms with Gasteiger partial charge in [-0.05, 0) is 23.6 Å². The van der Waals surface area contributed by atoms with Gasteiger partial charge in [0.15, 0.2) is 5.76 Å². The molecule has 0 radical (unpaired) electrons. The summed E-state index contributed by atoms with van der Waals surface area (Å²) in [6.45, 7) is 0. The van der Waals surface area contributed by atoms with Crippen molar-refractivity contribution >= 4 is 34.1 Å². The summed E-state index contributed by atoms with van der Waals surface area (Å²) in [5.74, 6) is -0.583. The Morgan fingerprint density at radius 3 is 2.75 bits per heavy atom. The molecule has 5 nitrogen and oxygen atoms in total. The van der Waals surface area contributed by atoms with E-state index in [0.29, 0.717) is 0 Å². The summed E-state index contributed by atoms with van der Waals surface area (Å²) in [6, 6.07) is 12.5. The van der Waals surface area contributed by atoms with Crippen molar-refractivity contribution in [1.29, 1.82) is 0 Å². The molecule has 1 aliphatic rings. The van der Waals surface area contributed by atoms with Crippen molar-refractivity contribution in [2.24, 2.45) is 7.05 Å². The molecule has 3 heterocycles. The molecule has 0 bridgehead atoms. The van der Waals surface area contributed by atoms with Crippen LogP contribution in [0.2, 0.25) is 0 Å². The largest absolute Gasteiger partial charge is 0.508 e. The van der Waals surface area contributed by atoms with E-state index in [1.54, 1.807) is 17.4 Å². The minimum Gasteiger partial charge on any atom is -0.508 e. The fourth-order valence-electron chi connectivity index (χ4n) is 3.73. The van der Waals surface area contributed by atoms with E-state index < -0.39 is 5.78 Å². The van der Waals surface area contributed by atoms with Gasteiger partial charge in [0, 0.05) is 46.6 Å². The van der Waals surface area contributed by atoms with Gasteiger partial charge in [-0.15, -0.1) is 0 Å². The molecule has 0 amide bonds. The number of benzene rings is 2. The SMILES string of the molecule is Cn1c(-c2ccsc2)c(C=C2Oc3cc(O)cc(O)c3C2=O)c2ccccc21. The lowest BCUT2D eigenvalue weighted by molar-refractivity contribution is 0.101. The quantitative estimate of drug-likeness (QED) is 0.477. The van der Waals surface area contributed by atoms with Crippen LogP contribution in [0.25, 0.3) is 28.2 Å². The lowest BCUT2D eigenvalue weighted by atomic mass is 10.0. The van der Waals surface area contributed by atoms with Gasteiger partial charge in [0.05, 0.1) is 5.69 Å². The minimum absolute atomic E-state index is 0.0707. The number of phenols is 2. The molecule has 0 aliphatic carbocycles. The molecule has 0 saturated heterocycles. The molecule has 28 heavy (non-hydrogen) atoms. The van der Waals surface area contributed by atoms with Crippen molar-refractivity contribution in [3.8, 4) is 28.5 Å². The van der Waals surface area contributed by atoms with Gasteiger partial charge in [-0.2, -0.15) is 11.3 Å². The number of Topliss-reactive ketones (excluding diaryl/α,β-unsaturated/α-hetero) is 1. The van der Waals surface area contributed by atoms with E-state index in [2.05, 4.69) is 9.95 Å². The van der Waals surface area contributed by atoms with Crippen LogP contribution in [0.4, 0.5) is 0 Å². The number of aromatic nitrogens is 1. The average molecular weight is 389 g/mol. The average Bonchev–Trinajstić information content (AvgIpc) is 3.35. The van der Waals surface area contributed by atoms with Gasteiger partial charge in [-0.1, -0.05) is 18.2 Å². The van der Waals surface area contributed by atoms with E-state index in [9.17, 15) is 15.0 Å². The van der Waals surface area contributed by atoms with E-state index in [-0.39, 0.29) is 28.6 Å². The molecule has 0 fully saturated rings. The van der Waals surface area contributed by atoms with E-state index >= 15 is 0 Å². The van der Waals surface area contributed by atoms with Crippen LogP contribution in [-0.4, -0.2) is 20.6 Å². The Kier molecular flexibility index (Phi) is 3.57. The summed E-state index contributed by atoms with van der Waals surface area (Å²) >= 11 is 1.61. The van der Waals surface area contributed by atoms with Gasteiger partial charge < -0.3 is 19.5 Å². The number of aryl methyl sites for hydroxylation is 1. The number of thiophene rings is 1. The number of hydrogen-bond acceptors (Lipinski definition) is 5. The first-order valence-electron chi connectivity index (χ1n) is 8.65. The lowest BCUT2D eigenvalue weighted by Crippen LogP contribution is -1.99. The number of hydrogen-bond donors (Lipinski definition) is 2. The van der Waals surface area contributed by atoms with Gasteiger partial charge in [0.2, 0.25) is 5.78 Å². The standard InChI is InChI=1S/C22H15NO4S/c1-23-16-5-3-2-4-14(16)15(21(23)12-6-7-28-11-12)10-19-22(26)20-17(25)8-13(24)9-18(20)27-19/h2-11,24-25H,1H3. The summed E-state index contributed by atoms with van der Waals surface area (Å²) < 4.78 is 7.80. The van der Waals surface area contributed by atoms with Crippen LogP contribution >= 0.6 is 11.3 Å². The number of phenolic OH excluding ortho intramolecular Hbond substituents is 2. The molecule has 4 aromatic rings. The summed E-state index contributed by atoms with van der Waals surface area (Å²) in [4.78, 5) is 12.8. The maximum absolute atomic E-state index is 12.8. The van der Waals surface area contributed by atoms with Crippen LogP contribution in [0, 0.1) is 0 Å². The fourth-order valence-corrected chi connectivity index (χ4v) is 4.37. The predicted molar refractivity (Wildman–Crippen MR) is 109 cm³/mol. The summed E-state index contributed by atoms with van der Waals surface area (Å²) in [5, 5.41) is 24.8. The highest BCUT2D eigenvalue weighted by molar-refractivity contribution is 7.08. The minimum atomic E-state index is -0.406. The highest BCUT2D eigenvalue weighted by Crippen LogP contribution is 2.42. The molecule has 2 aromatic heterocycles. The summed E-state index contributed by atoms with van der Waals surface area (Å²) in [7, 11) is 1.99. The Labute approximate surface area is 164 Å². The van der Waals surface area contributed by atoms with Crippen molar-refractivity contribution in [3.05, 3.63) is 70.1 Å². The number of ketones is 1. The van der Waals surface area contributed by atoms with E-state index in [1.165, 1.54) is 6.07 Å². The second-order valence-corrected chi connectivity index (χ2v) is 7.41. The molecule has 0 atom stereocenters. The van der Waals surface area contributed by atoms with Crippen LogP contribution in [0.15, 0.2) is 59.0 Å². The number of nitrogens with zero attached hydrogens (tertiary/aromatic N) is 1. The van der Waals surface area contributed by atoms with Crippen LogP contribution in [0.1, 0.15) is 15.9 Å². The number of carbonyl (C=O) groups is 1. The number of para-hydroxylation sites is 1. The molecule has 0 unspecified atom stereocenters. The Hall–Kier alpha value is -3.51. The topological polar surface area (TPSA) is 71.7 Å². The van der Waals surface area contributed by atoms with Gasteiger partial charge >= 0.3 is 0 Å². The smallest absolute Gasteiger partial charge is 0.235 e. The van der Waals surface area contributed by atoms with Crippen molar-refractivity contribution < 1.29 is 19.7 Å². The predicted octanol–water partition coefficient (Wildman–Crippen LogP) is 4.93.